The van der Waals surface area contributed by atoms with Crippen LogP contribution in [0.25, 0.3) is 0 Å². The number of nitrogens with zero attached hydrogens (tertiary/aromatic N) is 2. The maximum Gasteiger partial charge on any atom is 0.286 e. The molecule has 0 aliphatic heterocycles. The van der Waals surface area contributed by atoms with E-state index < -0.39 is 15.6 Å². The molecule has 0 unspecified atom stereocenters. The molecule has 2 aromatic carbocycles. The molecule has 0 aliphatic rings. The molecule has 1 N–H and O–H groups in total. The van der Waals surface area contributed by atoms with E-state index in [1.807, 2.05) is 17.5 Å². The highest BCUT2D eigenvalue weighted by atomic mass is 32.2. The number of benzene rings is 2. The van der Waals surface area contributed by atoms with Gasteiger partial charge in [-0.25, -0.2) is 4.21 Å². The van der Waals surface area contributed by atoms with Crippen LogP contribution in [0.4, 0.5) is 5.69 Å². The molecule has 0 saturated carbocycles. The molecule has 0 aliphatic carbocycles. The van der Waals surface area contributed by atoms with Gasteiger partial charge >= 0.3 is 0 Å². The van der Waals surface area contributed by atoms with Crippen LogP contribution in [0.15, 0.2) is 99.8 Å². The lowest BCUT2D eigenvalue weighted by Crippen LogP contribution is -2.09. The fraction of sp³-hybridized carbons (Fsp3) is 0.0385. The Morgan fingerprint density at radius 2 is 1.68 bits per heavy atom. The Hall–Kier alpha value is -4.06. The van der Waals surface area contributed by atoms with Crippen LogP contribution in [0.5, 0.6) is 0 Å². The van der Waals surface area contributed by atoms with Gasteiger partial charge in [0.1, 0.15) is 0 Å². The average Bonchev–Trinajstić information content (AvgIpc) is 3.39. The predicted octanol–water partition coefficient (Wildman–Crippen LogP) is 5.09. The average molecular weight is 486 g/mol. The van der Waals surface area contributed by atoms with Crippen molar-refractivity contribution in [2.75, 3.05) is 11.6 Å². The summed E-state index contributed by atoms with van der Waals surface area (Å²) in [6.45, 7) is 0. The number of amides is 2. The molecule has 0 radical (unpaired) electrons. The lowest BCUT2D eigenvalue weighted by molar-refractivity contribution is 0.100. The fourth-order valence-electron chi connectivity index (χ4n) is 2.94. The van der Waals surface area contributed by atoms with Gasteiger partial charge in [0, 0.05) is 40.4 Å². The number of aromatic nitrogens is 1. The minimum absolute atomic E-state index is 0.157. The van der Waals surface area contributed by atoms with Gasteiger partial charge in [0.05, 0.1) is 20.2 Å². The number of anilines is 1. The number of carbonyl (C=O) groups excluding carboxylic acids is 2. The molecule has 0 spiro atoms. The van der Waals surface area contributed by atoms with Crippen molar-refractivity contribution in [1.82, 2.24) is 4.98 Å². The summed E-state index contributed by atoms with van der Waals surface area (Å²) in [5.41, 5.74) is 2.14. The number of hydrogen-bond acceptors (Lipinski definition) is 5. The van der Waals surface area contributed by atoms with Gasteiger partial charge < -0.3 is 5.32 Å². The maximum atomic E-state index is 12.9. The molecule has 2 amide bonds. The first-order valence-corrected chi connectivity index (χ1v) is 12.9. The molecule has 8 heteroatoms. The van der Waals surface area contributed by atoms with Crippen molar-refractivity contribution in [1.29, 1.82) is 0 Å². The first-order chi connectivity index (χ1) is 16.4. The first-order valence-electron chi connectivity index (χ1n) is 10.1. The van der Waals surface area contributed by atoms with E-state index in [9.17, 15) is 13.8 Å². The summed E-state index contributed by atoms with van der Waals surface area (Å²) in [5.74, 6) is 5.21. The zero-order valence-corrected chi connectivity index (χ0v) is 19.7. The lowest BCUT2D eigenvalue weighted by atomic mass is 10.1. The van der Waals surface area contributed by atoms with Gasteiger partial charge in [-0.15, -0.1) is 11.3 Å². The molecular weight excluding hydrogens is 466 g/mol. The summed E-state index contributed by atoms with van der Waals surface area (Å²) in [7, 11) is -2.87. The number of hydrogen-bond donors (Lipinski definition) is 1. The minimum atomic E-state index is -2.87. The van der Waals surface area contributed by atoms with E-state index in [0.717, 1.165) is 5.56 Å². The number of rotatable bonds is 4. The molecule has 2 heterocycles. The third-order valence-corrected chi connectivity index (χ3v) is 7.19. The molecule has 4 rings (SSSR count). The highest BCUT2D eigenvalue weighted by Gasteiger charge is 2.12. The van der Waals surface area contributed by atoms with Crippen molar-refractivity contribution < 1.29 is 13.8 Å². The van der Waals surface area contributed by atoms with Gasteiger partial charge in [0.2, 0.25) is 0 Å². The van der Waals surface area contributed by atoms with E-state index in [4.69, 9.17) is 0 Å². The fourth-order valence-corrected chi connectivity index (χ4v) is 4.75. The monoisotopic (exact) mass is 485 g/mol. The van der Waals surface area contributed by atoms with E-state index in [1.54, 1.807) is 66.9 Å². The Kier molecular flexibility index (Phi) is 6.97. The Balaban J connectivity index is 1.47. The topological polar surface area (TPSA) is 88.5 Å². The first kappa shape index (κ1) is 23.1. The predicted molar refractivity (Wildman–Crippen MR) is 134 cm³/mol. The summed E-state index contributed by atoms with van der Waals surface area (Å²) in [6, 6.07) is 21.0. The summed E-state index contributed by atoms with van der Waals surface area (Å²) >= 11 is 1.38. The zero-order chi connectivity index (χ0) is 24.0. The number of thiophene rings is 1. The van der Waals surface area contributed by atoms with Crippen LogP contribution < -0.4 is 5.32 Å². The van der Waals surface area contributed by atoms with Gasteiger partial charge in [-0.05, 0) is 53.9 Å². The number of nitrogens with one attached hydrogen (secondary N) is 1. The third kappa shape index (κ3) is 5.84. The van der Waals surface area contributed by atoms with Crippen LogP contribution in [0.1, 0.15) is 31.2 Å². The van der Waals surface area contributed by atoms with E-state index >= 15 is 0 Å². The van der Waals surface area contributed by atoms with Gasteiger partial charge in [-0.2, -0.15) is 4.36 Å². The van der Waals surface area contributed by atoms with E-state index in [0.29, 0.717) is 21.0 Å². The molecule has 0 fully saturated rings. The molecule has 0 bridgehead atoms. The van der Waals surface area contributed by atoms with Crippen LogP contribution in [-0.2, 0) is 9.73 Å². The van der Waals surface area contributed by atoms with Crippen molar-refractivity contribution in [3.05, 3.63) is 112 Å². The van der Waals surface area contributed by atoms with Gasteiger partial charge in [-0.3, -0.25) is 14.6 Å². The normalized spacial score (nSPS) is 12.0. The van der Waals surface area contributed by atoms with Crippen LogP contribution in [0.2, 0.25) is 0 Å². The van der Waals surface area contributed by atoms with Crippen LogP contribution >= 0.6 is 11.3 Å². The Bertz CT molecular complexity index is 1510. The molecule has 2 aromatic heterocycles. The molecule has 1 atom stereocenters. The third-order valence-electron chi connectivity index (χ3n) is 4.66. The lowest BCUT2D eigenvalue weighted by Gasteiger charge is -2.04. The van der Waals surface area contributed by atoms with Gasteiger partial charge in [0.15, 0.2) is 0 Å². The summed E-state index contributed by atoms with van der Waals surface area (Å²) in [5, 5.41) is 4.69. The second kappa shape index (κ2) is 10.3. The second-order valence-electron chi connectivity index (χ2n) is 7.23. The number of carbonyl (C=O) groups is 2. The van der Waals surface area contributed by atoms with Crippen molar-refractivity contribution in [2.45, 2.75) is 4.90 Å². The number of pyridine rings is 1. The smallest absolute Gasteiger partial charge is 0.286 e. The standard InChI is InChI=1S/C26H19N3O3S2/c1-34(32,23-6-3-2-4-7-23)29-25(30)21-16-20(17-27-18-21)10-9-19-11-13-22(14-12-19)28-26(31)24-8-5-15-33-24/h2-8,11-18H,1H3,(H,28,31)/t34-/m0/s1. The maximum absolute atomic E-state index is 12.9. The van der Waals surface area contributed by atoms with Crippen molar-refractivity contribution in [3.63, 3.8) is 0 Å². The zero-order valence-electron chi connectivity index (χ0n) is 18.1. The quantitative estimate of drug-likeness (QED) is 0.408. The minimum Gasteiger partial charge on any atom is -0.321 e. The van der Waals surface area contributed by atoms with Crippen LogP contribution in [0.3, 0.4) is 0 Å². The molecule has 4 aromatic rings. The van der Waals surface area contributed by atoms with Gasteiger partial charge in [0.25, 0.3) is 11.8 Å². The van der Waals surface area contributed by atoms with E-state index in [-0.39, 0.29) is 11.5 Å². The molecule has 168 valence electrons. The SMILES string of the molecule is C[S@@](=O)(=NC(=O)c1cncc(C#Cc2ccc(NC(=O)c3cccs3)cc2)c1)c1ccccc1. The summed E-state index contributed by atoms with van der Waals surface area (Å²) in [4.78, 5) is 29.9. The Morgan fingerprint density at radius 1 is 0.941 bits per heavy atom. The van der Waals surface area contributed by atoms with E-state index in [2.05, 4.69) is 26.5 Å². The summed E-state index contributed by atoms with van der Waals surface area (Å²) in [6.07, 6.45) is 4.35. The van der Waals surface area contributed by atoms with Crippen molar-refractivity contribution in [3.8, 4) is 11.8 Å². The Morgan fingerprint density at radius 3 is 2.38 bits per heavy atom. The molecule has 0 saturated heterocycles. The molecule has 34 heavy (non-hydrogen) atoms. The van der Waals surface area contributed by atoms with Crippen LogP contribution in [-0.4, -0.2) is 27.3 Å². The second-order valence-corrected chi connectivity index (χ2v) is 10.4. The van der Waals surface area contributed by atoms with Gasteiger partial charge in [-0.1, -0.05) is 36.1 Å². The summed E-state index contributed by atoms with van der Waals surface area (Å²) < 4.78 is 16.8. The van der Waals surface area contributed by atoms with Crippen molar-refractivity contribution >= 4 is 38.6 Å². The highest BCUT2D eigenvalue weighted by molar-refractivity contribution is 7.93. The highest BCUT2D eigenvalue weighted by Crippen LogP contribution is 2.15. The largest absolute Gasteiger partial charge is 0.321 e. The van der Waals surface area contributed by atoms with Crippen LogP contribution in [0, 0.1) is 11.8 Å². The van der Waals surface area contributed by atoms with E-state index in [1.165, 1.54) is 23.8 Å². The Labute approximate surface area is 201 Å². The van der Waals surface area contributed by atoms with Crippen molar-refractivity contribution in [2.24, 2.45) is 4.36 Å². The molecular formula is C26H19N3O3S2. The molecule has 6 nitrogen and oxygen atoms in total.